The van der Waals surface area contributed by atoms with E-state index >= 15 is 0 Å². The zero-order chi connectivity index (χ0) is 15.4. The van der Waals surface area contributed by atoms with Gasteiger partial charge in [0.05, 0.1) is 0 Å². The number of benzene rings is 2. The molecule has 2 nitrogen and oxygen atoms in total. The number of rotatable bonds is 0. The Bertz CT molecular complexity index is 842. The number of aryl methyl sites for hydroxylation is 2. The first-order chi connectivity index (χ1) is 10.7. The van der Waals surface area contributed by atoms with Crippen LogP contribution < -0.4 is 0 Å². The summed E-state index contributed by atoms with van der Waals surface area (Å²) in [4.78, 5) is 8.64. The van der Waals surface area contributed by atoms with Crippen LogP contribution in [0.25, 0.3) is 21.8 Å². The number of aromatic nitrogens is 2. The second kappa shape index (κ2) is 7.94. The summed E-state index contributed by atoms with van der Waals surface area (Å²) in [5, 5.41) is 2.30. The number of fused-ring (bicyclic) bond motifs is 2. The molecule has 0 saturated heterocycles. The van der Waals surface area contributed by atoms with Gasteiger partial charge in [-0.2, -0.15) is 48.5 Å². The molecule has 0 saturated carbocycles. The van der Waals surface area contributed by atoms with Crippen molar-refractivity contribution in [3.8, 4) is 0 Å². The molecule has 0 fully saturated rings. The normalized spacial score (nSPS) is 9.83. The largest absolute Gasteiger partial charge is 2.00 e. The molecule has 0 radical (unpaired) electrons. The Balaban J connectivity index is 0.000000160. The van der Waals surface area contributed by atoms with Crippen molar-refractivity contribution in [1.82, 2.24) is 9.97 Å². The van der Waals surface area contributed by atoms with Crippen molar-refractivity contribution in [2.75, 3.05) is 0 Å². The Kier molecular flexibility index (Phi) is 5.95. The molecule has 0 aliphatic heterocycles. The van der Waals surface area contributed by atoms with Gasteiger partial charge in [-0.3, -0.25) is 9.97 Å². The molecule has 0 spiro atoms. The molecule has 0 aliphatic carbocycles. The van der Waals surface area contributed by atoms with E-state index in [2.05, 4.69) is 34.2 Å². The van der Waals surface area contributed by atoms with Crippen LogP contribution in [-0.4, -0.2) is 9.97 Å². The van der Waals surface area contributed by atoms with E-state index in [1.54, 1.807) is 0 Å². The zero-order valence-corrected chi connectivity index (χ0v) is 16.3. The Morgan fingerprint density at radius 2 is 1.09 bits per heavy atom. The summed E-state index contributed by atoms with van der Waals surface area (Å²) >= 11 is 0. The Morgan fingerprint density at radius 3 is 1.52 bits per heavy atom. The number of nitrogens with zero attached hydrogens (tertiary/aromatic N) is 2. The maximum atomic E-state index is 4.32. The molecule has 0 bridgehead atoms. The van der Waals surface area contributed by atoms with E-state index in [-0.39, 0.29) is 19.5 Å². The van der Waals surface area contributed by atoms with Gasteiger partial charge in [0, 0.05) is 11.4 Å². The molecule has 2 aromatic carbocycles. The van der Waals surface area contributed by atoms with Crippen molar-refractivity contribution >= 4 is 21.8 Å². The summed E-state index contributed by atoms with van der Waals surface area (Å²) in [7, 11) is 0. The van der Waals surface area contributed by atoms with Crippen molar-refractivity contribution < 1.29 is 19.5 Å². The van der Waals surface area contributed by atoms with E-state index in [0.717, 1.165) is 33.2 Å². The maximum absolute atomic E-state index is 4.32. The van der Waals surface area contributed by atoms with Crippen LogP contribution in [0.4, 0.5) is 0 Å². The minimum Gasteiger partial charge on any atom is -0.280 e. The van der Waals surface area contributed by atoms with Crippen molar-refractivity contribution in [2.45, 2.75) is 13.8 Å². The van der Waals surface area contributed by atoms with Gasteiger partial charge in [-0.25, -0.2) is 0 Å². The van der Waals surface area contributed by atoms with Crippen LogP contribution in [0.15, 0.2) is 60.7 Å². The maximum Gasteiger partial charge on any atom is 2.00 e. The molecule has 108 valence electrons. The summed E-state index contributed by atoms with van der Waals surface area (Å²) in [5.41, 5.74) is 3.99. The summed E-state index contributed by atoms with van der Waals surface area (Å²) in [5.74, 6) is 0. The molecule has 0 amide bonds. The smallest absolute Gasteiger partial charge is 0.280 e. The molecule has 23 heavy (non-hydrogen) atoms. The minimum atomic E-state index is 0. The topological polar surface area (TPSA) is 25.8 Å². The van der Waals surface area contributed by atoms with Gasteiger partial charge in [-0.15, -0.1) is 22.9 Å². The van der Waals surface area contributed by atoms with Crippen molar-refractivity contribution in [1.29, 1.82) is 0 Å². The van der Waals surface area contributed by atoms with Crippen LogP contribution in [0, 0.1) is 26.0 Å². The van der Waals surface area contributed by atoms with Crippen LogP contribution in [0.5, 0.6) is 0 Å². The number of hydrogen-bond acceptors (Lipinski definition) is 2. The summed E-state index contributed by atoms with van der Waals surface area (Å²) in [6.07, 6.45) is 0. The molecule has 0 aliphatic rings. The van der Waals surface area contributed by atoms with Gasteiger partial charge >= 0.3 is 19.5 Å². The molecule has 2 heterocycles. The Morgan fingerprint density at radius 1 is 0.652 bits per heavy atom. The summed E-state index contributed by atoms with van der Waals surface area (Å²) < 4.78 is 0. The second-order valence-corrected chi connectivity index (χ2v) is 5.12. The van der Waals surface area contributed by atoms with Gasteiger partial charge in [0.2, 0.25) is 0 Å². The number of para-hydroxylation sites is 2. The Labute approximate surface area is 149 Å². The monoisotopic (exact) mass is 348 g/mol. The van der Waals surface area contributed by atoms with E-state index in [4.69, 9.17) is 0 Å². The molecule has 0 atom stereocenters. The van der Waals surface area contributed by atoms with Crippen molar-refractivity contribution in [2.24, 2.45) is 0 Å². The molecular formula is C20H16N2Zn. The molecule has 4 aromatic rings. The predicted octanol–water partition coefficient (Wildman–Crippen LogP) is 4.68. The zero-order valence-electron chi connectivity index (χ0n) is 13.4. The quantitative estimate of drug-likeness (QED) is 0.340. The first-order valence-corrected chi connectivity index (χ1v) is 7.20. The third-order valence-electron chi connectivity index (χ3n) is 3.32. The second-order valence-electron chi connectivity index (χ2n) is 5.12. The van der Waals surface area contributed by atoms with Crippen LogP contribution in [0.3, 0.4) is 0 Å². The van der Waals surface area contributed by atoms with Gasteiger partial charge < -0.3 is 0 Å². The average molecular weight is 350 g/mol. The van der Waals surface area contributed by atoms with E-state index in [0.29, 0.717) is 0 Å². The molecular weight excluding hydrogens is 334 g/mol. The van der Waals surface area contributed by atoms with E-state index in [1.165, 1.54) is 0 Å². The van der Waals surface area contributed by atoms with Crippen LogP contribution in [0.2, 0.25) is 0 Å². The molecule has 0 unspecified atom stereocenters. The van der Waals surface area contributed by atoms with E-state index in [1.807, 2.05) is 62.4 Å². The minimum absolute atomic E-state index is 0. The van der Waals surface area contributed by atoms with Gasteiger partial charge in [0.15, 0.2) is 0 Å². The van der Waals surface area contributed by atoms with Gasteiger partial charge in [-0.1, -0.05) is 12.1 Å². The van der Waals surface area contributed by atoms with Crippen LogP contribution in [0.1, 0.15) is 11.4 Å². The van der Waals surface area contributed by atoms with E-state index in [9.17, 15) is 0 Å². The standard InChI is InChI=1S/2C10H8N.Zn/c2*1-8-6-7-9-4-2-3-5-10(9)11-8;/h2*2-4,6-7H,1H3;/q2*-1;+2. The fourth-order valence-electron chi connectivity index (χ4n) is 2.19. The van der Waals surface area contributed by atoms with Crippen LogP contribution in [-0.2, 0) is 19.5 Å². The SMILES string of the molecule is Cc1ccc2ccc[c-]c2n1.Cc1ccc2ccc[c-]c2n1.[Zn+2]. The van der Waals surface area contributed by atoms with Crippen molar-refractivity contribution in [3.05, 3.63) is 84.2 Å². The first kappa shape index (κ1) is 17.2. The number of hydrogen-bond donors (Lipinski definition) is 0. The summed E-state index contributed by atoms with van der Waals surface area (Å²) in [6.45, 7) is 3.97. The number of pyridine rings is 2. The fraction of sp³-hybridized carbons (Fsp3) is 0.100. The first-order valence-electron chi connectivity index (χ1n) is 7.20. The van der Waals surface area contributed by atoms with Crippen LogP contribution >= 0.6 is 0 Å². The predicted molar refractivity (Wildman–Crippen MR) is 90.6 cm³/mol. The average Bonchev–Trinajstić information content (AvgIpc) is 2.55. The van der Waals surface area contributed by atoms with Gasteiger partial charge in [0.1, 0.15) is 0 Å². The fourth-order valence-corrected chi connectivity index (χ4v) is 2.19. The third kappa shape index (κ3) is 4.43. The van der Waals surface area contributed by atoms with E-state index < -0.39 is 0 Å². The molecule has 4 rings (SSSR count). The van der Waals surface area contributed by atoms with Gasteiger partial charge in [0.25, 0.3) is 0 Å². The molecule has 3 heteroatoms. The van der Waals surface area contributed by atoms with Crippen molar-refractivity contribution in [3.63, 3.8) is 0 Å². The third-order valence-corrected chi connectivity index (χ3v) is 3.32. The van der Waals surface area contributed by atoms with Gasteiger partial charge in [-0.05, 0) is 24.9 Å². The summed E-state index contributed by atoms with van der Waals surface area (Å²) in [6, 6.07) is 26.1. The Hall–Kier alpha value is -2.12. The molecule has 2 aromatic heterocycles. The molecule has 0 N–H and O–H groups in total.